The van der Waals surface area contributed by atoms with Crippen LogP contribution in [0.3, 0.4) is 0 Å². The van der Waals surface area contributed by atoms with Gasteiger partial charge in [0.2, 0.25) is 0 Å². The number of benzene rings is 1. The molecule has 26 heavy (non-hydrogen) atoms. The predicted octanol–water partition coefficient (Wildman–Crippen LogP) is 4.70. The number of rotatable bonds is 5. The number of nitrogens with zero attached hydrogens (tertiary/aromatic N) is 2. The standard InChI is InChI=1S/C19H19ClN2O2S2/c1-22-18(23)16-14-4-2-3-5-15(14)26-17(16)21-19(22)25-11-10-24-13-8-6-12(20)7-9-13/h6-9H,2-5,10-11H2,1H3. The lowest BCUT2D eigenvalue weighted by Gasteiger charge is -2.11. The summed E-state index contributed by atoms with van der Waals surface area (Å²) in [5, 5.41) is 2.28. The van der Waals surface area contributed by atoms with Crippen LogP contribution in [0.5, 0.6) is 5.75 Å². The van der Waals surface area contributed by atoms with Gasteiger partial charge in [-0.15, -0.1) is 11.3 Å². The van der Waals surface area contributed by atoms with Gasteiger partial charge in [0.15, 0.2) is 5.16 Å². The van der Waals surface area contributed by atoms with Gasteiger partial charge < -0.3 is 4.74 Å². The Hall–Kier alpha value is -1.50. The number of fused-ring (bicyclic) bond motifs is 3. The molecule has 0 bridgehead atoms. The van der Waals surface area contributed by atoms with Gasteiger partial charge in [-0.1, -0.05) is 23.4 Å². The first-order valence-electron chi connectivity index (χ1n) is 8.66. The quantitative estimate of drug-likeness (QED) is 0.350. The Kier molecular flexibility index (Phi) is 5.25. The summed E-state index contributed by atoms with van der Waals surface area (Å²) in [5.41, 5.74) is 1.32. The van der Waals surface area contributed by atoms with Gasteiger partial charge >= 0.3 is 0 Å². The number of ether oxygens (including phenoxy) is 1. The van der Waals surface area contributed by atoms with Crippen LogP contribution in [0.15, 0.2) is 34.2 Å². The lowest BCUT2D eigenvalue weighted by molar-refractivity contribution is 0.344. The molecule has 1 aliphatic carbocycles. The molecule has 2 heterocycles. The highest BCUT2D eigenvalue weighted by atomic mass is 35.5. The van der Waals surface area contributed by atoms with E-state index in [0.29, 0.717) is 11.6 Å². The number of thiophene rings is 1. The van der Waals surface area contributed by atoms with Crippen molar-refractivity contribution in [3.63, 3.8) is 0 Å². The van der Waals surface area contributed by atoms with Crippen molar-refractivity contribution >= 4 is 44.9 Å². The maximum atomic E-state index is 12.8. The highest BCUT2D eigenvalue weighted by molar-refractivity contribution is 7.99. The number of thioether (sulfide) groups is 1. The molecule has 1 aromatic carbocycles. The summed E-state index contributed by atoms with van der Waals surface area (Å²) >= 11 is 9.12. The molecule has 4 nitrogen and oxygen atoms in total. The Morgan fingerprint density at radius 2 is 2.04 bits per heavy atom. The van der Waals surface area contributed by atoms with Crippen LogP contribution >= 0.6 is 34.7 Å². The topological polar surface area (TPSA) is 44.1 Å². The second-order valence-electron chi connectivity index (χ2n) is 6.30. The zero-order valence-corrected chi connectivity index (χ0v) is 16.8. The van der Waals surface area contributed by atoms with E-state index in [1.807, 2.05) is 31.3 Å². The molecular weight excluding hydrogens is 388 g/mol. The van der Waals surface area contributed by atoms with Crippen LogP contribution in [-0.4, -0.2) is 21.9 Å². The molecular formula is C19H19ClN2O2S2. The lowest BCUT2D eigenvalue weighted by Crippen LogP contribution is -2.21. The molecule has 0 N–H and O–H groups in total. The molecule has 0 radical (unpaired) electrons. The number of aromatic nitrogens is 2. The van der Waals surface area contributed by atoms with Gasteiger partial charge in [-0.2, -0.15) is 0 Å². The Morgan fingerprint density at radius 3 is 2.85 bits per heavy atom. The van der Waals surface area contributed by atoms with Crippen molar-refractivity contribution in [2.24, 2.45) is 7.05 Å². The fourth-order valence-electron chi connectivity index (χ4n) is 3.22. The molecule has 0 amide bonds. The zero-order chi connectivity index (χ0) is 18.1. The molecule has 3 aromatic rings. The molecule has 0 unspecified atom stereocenters. The summed E-state index contributed by atoms with van der Waals surface area (Å²) in [6, 6.07) is 7.32. The first kappa shape index (κ1) is 17.9. The third-order valence-electron chi connectivity index (χ3n) is 4.55. The predicted molar refractivity (Wildman–Crippen MR) is 109 cm³/mol. The summed E-state index contributed by atoms with van der Waals surface area (Å²) in [7, 11) is 1.81. The molecule has 0 saturated heterocycles. The molecule has 7 heteroatoms. The Balaban J connectivity index is 1.49. The van der Waals surface area contributed by atoms with E-state index in [1.165, 1.54) is 23.3 Å². The molecule has 0 aliphatic heterocycles. The first-order chi connectivity index (χ1) is 12.6. The average molecular weight is 407 g/mol. The molecule has 4 rings (SSSR count). The minimum atomic E-state index is 0.0792. The van der Waals surface area contributed by atoms with Crippen molar-refractivity contribution in [1.82, 2.24) is 9.55 Å². The molecule has 136 valence electrons. The number of halogens is 1. The van der Waals surface area contributed by atoms with Gasteiger partial charge in [-0.05, 0) is 55.5 Å². The summed E-state index contributed by atoms with van der Waals surface area (Å²) in [5.74, 6) is 1.51. The average Bonchev–Trinajstić information content (AvgIpc) is 3.02. The number of hydrogen-bond acceptors (Lipinski definition) is 5. The van der Waals surface area contributed by atoms with Crippen LogP contribution in [0.4, 0.5) is 0 Å². The Bertz CT molecular complexity index is 995. The fourth-order valence-corrected chi connectivity index (χ4v) is 5.44. The monoisotopic (exact) mass is 406 g/mol. The maximum Gasteiger partial charge on any atom is 0.262 e. The second kappa shape index (κ2) is 7.62. The van der Waals surface area contributed by atoms with Crippen molar-refractivity contribution in [2.75, 3.05) is 12.4 Å². The van der Waals surface area contributed by atoms with Crippen molar-refractivity contribution in [2.45, 2.75) is 30.8 Å². The van der Waals surface area contributed by atoms with Crippen molar-refractivity contribution < 1.29 is 4.74 Å². The first-order valence-corrected chi connectivity index (χ1v) is 10.8. The minimum absolute atomic E-state index is 0.0792. The van der Waals surface area contributed by atoms with Crippen LogP contribution in [0.1, 0.15) is 23.3 Å². The zero-order valence-electron chi connectivity index (χ0n) is 14.5. The highest BCUT2D eigenvalue weighted by Crippen LogP contribution is 2.34. The third kappa shape index (κ3) is 3.50. The van der Waals surface area contributed by atoms with Gasteiger partial charge in [0.25, 0.3) is 5.56 Å². The van der Waals surface area contributed by atoms with E-state index < -0.39 is 0 Å². The van der Waals surface area contributed by atoms with Crippen molar-refractivity contribution in [3.05, 3.63) is 50.1 Å². The van der Waals surface area contributed by atoms with Gasteiger partial charge in [0.1, 0.15) is 10.6 Å². The highest BCUT2D eigenvalue weighted by Gasteiger charge is 2.21. The van der Waals surface area contributed by atoms with E-state index in [-0.39, 0.29) is 5.56 Å². The Morgan fingerprint density at radius 1 is 1.27 bits per heavy atom. The van der Waals surface area contributed by atoms with Crippen molar-refractivity contribution in [1.29, 1.82) is 0 Å². The Labute approximate surface area is 165 Å². The van der Waals surface area contributed by atoms with Crippen LogP contribution in [0.25, 0.3) is 10.2 Å². The molecule has 1 aliphatic rings. The number of aryl methyl sites for hydroxylation is 2. The third-order valence-corrected chi connectivity index (χ3v) is 6.98. The maximum absolute atomic E-state index is 12.8. The van der Waals surface area contributed by atoms with Crippen LogP contribution in [0, 0.1) is 0 Å². The number of hydrogen-bond donors (Lipinski definition) is 0. The van der Waals surface area contributed by atoms with E-state index in [9.17, 15) is 4.79 Å². The van der Waals surface area contributed by atoms with E-state index >= 15 is 0 Å². The smallest absolute Gasteiger partial charge is 0.262 e. The van der Waals surface area contributed by atoms with Crippen LogP contribution in [0.2, 0.25) is 5.02 Å². The molecule has 0 fully saturated rings. The van der Waals surface area contributed by atoms with Gasteiger partial charge in [-0.25, -0.2) is 4.98 Å². The van der Waals surface area contributed by atoms with E-state index in [4.69, 9.17) is 21.3 Å². The molecule has 0 atom stereocenters. The summed E-state index contributed by atoms with van der Waals surface area (Å²) in [4.78, 5) is 19.8. The van der Waals surface area contributed by atoms with Gasteiger partial charge in [0.05, 0.1) is 12.0 Å². The molecule has 0 saturated carbocycles. The fraction of sp³-hybridized carbons (Fsp3) is 0.368. The van der Waals surface area contributed by atoms with Gasteiger partial charge in [-0.3, -0.25) is 9.36 Å². The van der Waals surface area contributed by atoms with Crippen LogP contribution < -0.4 is 10.3 Å². The van der Waals surface area contributed by atoms with Crippen LogP contribution in [-0.2, 0) is 19.9 Å². The van der Waals surface area contributed by atoms with E-state index in [1.54, 1.807) is 27.7 Å². The van der Waals surface area contributed by atoms with Gasteiger partial charge in [0, 0.05) is 22.7 Å². The van der Waals surface area contributed by atoms with Crippen molar-refractivity contribution in [3.8, 4) is 5.75 Å². The summed E-state index contributed by atoms with van der Waals surface area (Å²) < 4.78 is 7.39. The second-order valence-corrected chi connectivity index (χ2v) is 8.88. The van der Waals surface area contributed by atoms with E-state index in [0.717, 1.165) is 39.7 Å². The molecule has 2 aromatic heterocycles. The molecule has 0 spiro atoms. The van der Waals surface area contributed by atoms with E-state index in [2.05, 4.69) is 0 Å². The SMILES string of the molecule is Cn1c(SCCOc2ccc(Cl)cc2)nc2sc3c(c2c1=O)CCCC3. The summed E-state index contributed by atoms with van der Waals surface area (Å²) in [6.07, 6.45) is 4.47. The minimum Gasteiger partial charge on any atom is -0.493 e. The lowest BCUT2D eigenvalue weighted by atomic mass is 9.97. The summed E-state index contributed by atoms with van der Waals surface area (Å²) in [6.45, 7) is 0.543. The largest absolute Gasteiger partial charge is 0.493 e. The normalized spacial score (nSPS) is 13.8.